The number of piperazine rings is 1. The monoisotopic (exact) mass is 156 g/mol. The van der Waals surface area contributed by atoms with Crippen molar-refractivity contribution in [3.05, 3.63) is 12.7 Å². The average Bonchev–Trinajstić information content (AvgIpc) is 2.07. The zero-order chi connectivity index (χ0) is 7.94. The van der Waals surface area contributed by atoms with Gasteiger partial charge >= 0.3 is 0 Å². The van der Waals surface area contributed by atoms with Crippen molar-refractivity contribution in [2.75, 3.05) is 32.8 Å². The van der Waals surface area contributed by atoms with E-state index in [-0.39, 0.29) is 0 Å². The second-order valence-electron chi connectivity index (χ2n) is 2.68. The predicted molar refractivity (Wildman–Crippen MR) is 45.7 cm³/mol. The van der Waals surface area contributed by atoms with Gasteiger partial charge in [0.15, 0.2) is 0 Å². The van der Waals surface area contributed by atoms with Gasteiger partial charge in [0.1, 0.15) is 0 Å². The molecule has 0 bridgehead atoms. The van der Waals surface area contributed by atoms with Crippen LogP contribution in [0, 0.1) is 0 Å². The van der Waals surface area contributed by atoms with Crippen molar-refractivity contribution in [2.45, 2.75) is 6.04 Å². The molecular weight excluding hydrogens is 140 g/mol. The summed E-state index contributed by atoms with van der Waals surface area (Å²) < 4.78 is 5.30. The first kappa shape index (κ1) is 8.71. The summed E-state index contributed by atoms with van der Waals surface area (Å²) in [6, 6.07) is 0.476. The van der Waals surface area contributed by atoms with E-state index in [1.165, 1.54) is 0 Å². The van der Waals surface area contributed by atoms with Crippen LogP contribution in [0.25, 0.3) is 0 Å². The SMILES string of the molecule is C=CCOC[C@H]1CNCCN1. The second-order valence-corrected chi connectivity index (χ2v) is 2.68. The van der Waals surface area contributed by atoms with E-state index in [1.807, 2.05) is 0 Å². The molecule has 1 aliphatic rings. The Morgan fingerprint density at radius 1 is 1.55 bits per heavy atom. The lowest BCUT2D eigenvalue weighted by atomic mass is 10.2. The van der Waals surface area contributed by atoms with E-state index in [0.29, 0.717) is 12.6 Å². The van der Waals surface area contributed by atoms with E-state index in [1.54, 1.807) is 6.08 Å². The molecule has 1 heterocycles. The van der Waals surface area contributed by atoms with Crippen LogP contribution < -0.4 is 10.6 Å². The lowest BCUT2D eigenvalue weighted by molar-refractivity contribution is 0.130. The highest BCUT2D eigenvalue weighted by molar-refractivity contribution is 4.75. The molecule has 0 spiro atoms. The Labute approximate surface area is 67.8 Å². The van der Waals surface area contributed by atoms with Crippen molar-refractivity contribution < 1.29 is 4.74 Å². The predicted octanol–water partition coefficient (Wildman–Crippen LogP) is -0.250. The summed E-state index contributed by atoms with van der Waals surface area (Å²) in [6.07, 6.45) is 1.77. The Balaban J connectivity index is 2.00. The Bertz CT molecular complexity index is 111. The zero-order valence-corrected chi connectivity index (χ0v) is 6.81. The molecule has 1 fully saturated rings. The van der Waals surface area contributed by atoms with Gasteiger partial charge in [0.2, 0.25) is 0 Å². The van der Waals surface area contributed by atoms with Gasteiger partial charge in [-0.05, 0) is 0 Å². The summed E-state index contributed by atoms with van der Waals surface area (Å²) in [6.45, 7) is 8.13. The third-order valence-corrected chi connectivity index (χ3v) is 1.68. The van der Waals surface area contributed by atoms with Crippen LogP contribution >= 0.6 is 0 Å². The molecule has 0 aliphatic carbocycles. The fourth-order valence-corrected chi connectivity index (χ4v) is 1.12. The lowest BCUT2D eigenvalue weighted by Crippen LogP contribution is -2.50. The molecule has 0 saturated carbocycles. The molecule has 1 aliphatic heterocycles. The maximum Gasteiger partial charge on any atom is 0.0645 e. The zero-order valence-electron chi connectivity index (χ0n) is 6.81. The molecule has 64 valence electrons. The molecule has 0 aromatic rings. The highest BCUT2D eigenvalue weighted by atomic mass is 16.5. The third kappa shape index (κ3) is 3.51. The quantitative estimate of drug-likeness (QED) is 0.435. The molecule has 0 radical (unpaired) electrons. The fourth-order valence-electron chi connectivity index (χ4n) is 1.12. The summed E-state index contributed by atoms with van der Waals surface area (Å²) in [5.74, 6) is 0. The normalized spacial score (nSPS) is 24.9. The van der Waals surface area contributed by atoms with Gasteiger partial charge in [-0.3, -0.25) is 0 Å². The van der Waals surface area contributed by atoms with Gasteiger partial charge in [-0.25, -0.2) is 0 Å². The first-order chi connectivity index (χ1) is 5.43. The molecule has 0 amide bonds. The summed E-state index contributed by atoms with van der Waals surface area (Å²) >= 11 is 0. The van der Waals surface area contributed by atoms with Crippen LogP contribution in [-0.2, 0) is 4.74 Å². The third-order valence-electron chi connectivity index (χ3n) is 1.68. The summed E-state index contributed by atoms with van der Waals surface area (Å²) in [4.78, 5) is 0. The molecule has 1 atom stereocenters. The van der Waals surface area contributed by atoms with Crippen molar-refractivity contribution in [3.63, 3.8) is 0 Å². The molecule has 3 nitrogen and oxygen atoms in total. The molecule has 1 rings (SSSR count). The maximum absolute atomic E-state index is 5.30. The Kier molecular flexibility index (Phi) is 4.19. The minimum atomic E-state index is 0.476. The number of nitrogens with one attached hydrogen (secondary N) is 2. The summed E-state index contributed by atoms with van der Waals surface area (Å²) in [5.41, 5.74) is 0. The highest BCUT2D eigenvalue weighted by Gasteiger charge is 2.10. The van der Waals surface area contributed by atoms with Crippen LogP contribution in [0.5, 0.6) is 0 Å². The van der Waals surface area contributed by atoms with Crippen LogP contribution in [0.3, 0.4) is 0 Å². The van der Waals surface area contributed by atoms with Gasteiger partial charge in [-0.1, -0.05) is 6.08 Å². The largest absolute Gasteiger partial charge is 0.376 e. The minimum absolute atomic E-state index is 0.476. The van der Waals surface area contributed by atoms with Gasteiger partial charge in [0.25, 0.3) is 0 Å². The standard InChI is InChI=1S/C8H16N2O/c1-2-5-11-7-8-6-9-3-4-10-8/h2,8-10H,1,3-7H2/t8-/m1/s1. The maximum atomic E-state index is 5.30. The number of hydrogen-bond acceptors (Lipinski definition) is 3. The van der Waals surface area contributed by atoms with E-state index in [4.69, 9.17) is 4.74 Å². The van der Waals surface area contributed by atoms with E-state index >= 15 is 0 Å². The van der Waals surface area contributed by atoms with Crippen molar-refractivity contribution in [2.24, 2.45) is 0 Å². The smallest absolute Gasteiger partial charge is 0.0645 e. The molecule has 0 aromatic carbocycles. The van der Waals surface area contributed by atoms with E-state index in [0.717, 1.165) is 26.2 Å². The number of ether oxygens (including phenoxy) is 1. The fraction of sp³-hybridized carbons (Fsp3) is 0.750. The van der Waals surface area contributed by atoms with Crippen molar-refractivity contribution in [1.29, 1.82) is 0 Å². The number of rotatable bonds is 4. The molecule has 0 aromatic heterocycles. The Morgan fingerprint density at radius 3 is 3.09 bits per heavy atom. The molecule has 0 unspecified atom stereocenters. The molecule has 2 N–H and O–H groups in total. The van der Waals surface area contributed by atoms with Crippen molar-refractivity contribution in [3.8, 4) is 0 Å². The van der Waals surface area contributed by atoms with Crippen LogP contribution in [0.15, 0.2) is 12.7 Å². The van der Waals surface area contributed by atoms with Gasteiger partial charge in [-0.15, -0.1) is 6.58 Å². The first-order valence-corrected chi connectivity index (χ1v) is 4.06. The Hall–Kier alpha value is -0.380. The minimum Gasteiger partial charge on any atom is -0.376 e. The number of hydrogen-bond donors (Lipinski definition) is 2. The summed E-state index contributed by atoms with van der Waals surface area (Å²) in [7, 11) is 0. The van der Waals surface area contributed by atoms with E-state index in [2.05, 4.69) is 17.2 Å². The second kappa shape index (κ2) is 5.29. The van der Waals surface area contributed by atoms with Gasteiger partial charge in [-0.2, -0.15) is 0 Å². The first-order valence-electron chi connectivity index (χ1n) is 4.06. The topological polar surface area (TPSA) is 33.3 Å². The van der Waals surface area contributed by atoms with Crippen LogP contribution in [-0.4, -0.2) is 38.9 Å². The molecule has 3 heteroatoms. The lowest BCUT2D eigenvalue weighted by Gasteiger charge is -2.23. The van der Waals surface area contributed by atoms with Gasteiger partial charge in [0, 0.05) is 25.7 Å². The summed E-state index contributed by atoms with van der Waals surface area (Å²) in [5, 5.41) is 6.65. The van der Waals surface area contributed by atoms with Gasteiger partial charge in [0.05, 0.1) is 13.2 Å². The van der Waals surface area contributed by atoms with Crippen LogP contribution in [0.2, 0.25) is 0 Å². The van der Waals surface area contributed by atoms with Crippen molar-refractivity contribution >= 4 is 0 Å². The van der Waals surface area contributed by atoms with E-state index < -0.39 is 0 Å². The van der Waals surface area contributed by atoms with Crippen LogP contribution in [0.1, 0.15) is 0 Å². The molecule has 11 heavy (non-hydrogen) atoms. The highest BCUT2D eigenvalue weighted by Crippen LogP contribution is 1.88. The average molecular weight is 156 g/mol. The Morgan fingerprint density at radius 2 is 2.45 bits per heavy atom. The van der Waals surface area contributed by atoms with E-state index in [9.17, 15) is 0 Å². The molecule has 1 saturated heterocycles. The molecular formula is C8H16N2O. The van der Waals surface area contributed by atoms with Crippen molar-refractivity contribution in [1.82, 2.24) is 10.6 Å². The van der Waals surface area contributed by atoms with Gasteiger partial charge < -0.3 is 15.4 Å². The van der Waals surface area contributed by atoms with Crippen LogP contribution in [0.4, 0.5) is 0 Å².